The van der Waals surface area contributed by atoms with Gasteiger partial charge in [0.2, 0.25) is 0 Å². The van der Waals surface area contributed by atoms with E-state index in [2.05, 4.69) is 9.72 Å². The second-order valence-electron chi connectivity index (χ2n) is 5.62. The molecule has 0 saturated carbocycles. The Morgan fingerprint density at radius 2 is 1.68 bits per heavy atom. The Morgan fingerprint density at radius 1 is 1.00 bits per heavy atom. The highest BCUT2D eigenvalue weighted by Crippen LogP contribution is 2.35. The maximum atomic E-state index is 12.3. The van der Waals surface area contributed by atoms with E-state index in [0.717, 1.165) is 12.1 Å². The number of nitrogens with two attached hydrogens (primary N) is 1. The number of nitrogen functional groups attached to an aromatic ring is 1. The normalized spacial score (nSPS) is 11.1. The van der Waals surface area contributed by atoms with Gasteiger partial charge < -0.3 is 10.5 Å². The SMILES string of the molecule is N#Cc1c(-c2ccc(OC(F)(F)F)cc2)cc(-c2ccc(Cl)cc2Cl)nc1N. The van der Waals surface area contributed by atoms with Crippen molar-refractivity contribution in [2.75, 3.05) is 5.73 Å². The zero-order valence-electron chi connectivity index (χ0n) is 13.9. The van der Waals surface area contributed by atoms with Crippen LogP contribution in [-0.4, -0.2) is 11.3 Å². The van der Waals surface area contributed by atoms with Crippen molar-refractivity contribution in [1.82, 2.24) is 4.98 Å². The molecule has 0 spiro atoms. The Morgan fingerprint density at radius 3 is 2.25 bits per heavy atom. The number of nitrogens with zero attached hydrogens (tertiary/aromatic N) is 2. The molecule has 0 fully saturated rings. The molecule has 0 saturated heterocycles. The second kappa shape index (κ2) is 7.58. The number of hydrogen-bond donors (Lipinski definition) is 1. The minimum atomic E-state index is -4.79. The van der Waals surface area contributed by atoms with Gasteiger partial charge in [-0.15, -0.1) is 13.2 Å². The fraction of sp³-hybridized carbons (Fsp3) is 0.0526. The second-order valence-corrected chi connectivity index (χ2v) is 6.47. The number of hydrogen-bond acceptors (Lipinski definition) is 4. The van der Waals surface area contributed by atoms with Crippen molar-refractivity contribution in [1.29, 1.82) is 5.26 Å². The molecule has 2 aromatic carbocycles. The van der Waals surface area contributed by atoms with Crippen LogP contribution < -0.4 is 10.5 Å². The zero-order valence-corrected chi connectivity index (χ0v) is 15.4. The summed E-state index contributed by atoms with van der Waals surface area (Å²) in [5, 5.41) is 10.2. The predicted molar refractivity (Wildman–Crippen MR) is 101 cm³/mol. The molecule has 142 valence electrons. The van der Waals surface area contributed by atoms with Crippen LogP contribution >= 0.6 is 23.2 Å². The van der Waals surface area contributed by atoms with Gasteiger partial charge in [0.1, 0.15) is 23.2 Å². The lowest BCUT2D eigenvalue weighted by Crippen LogP contribution is -2.16. The first-order chi connectivity index (χ1) is 13.2. The third-order valence-corrected chi connectivity index (χ3v) is 4.31. The van der Waals surface area contributed by atoms with Crippen LogP contribution in [0.2, 0.25) is 10.0 Å². The van der Waals surface area contributed by atoms with Crippen LogP contribution in [0.3, 0.4) is 0 Å². The van der Waals surface area contributed by atoms with E-state index in [1.807, 2.05) is 6.07 Å². The van der Waals surface area contributed by atoms with Crippen LogP contribution in [0.25, 0.3) is 22.4 Å². The number of nitriles is 1. The first-order valence-electron chi connectivity index (χ1n) is 7.70. The molecule has 0 unspecified atom stereocenters. The first-order valence-corrected chi connectivity index (χ1v) is 8.46. The lowest BCUT2D eigenvalue weighted by molar-refractivity contribution is -0.274. The summed E-state index contributed by atoms with van der Waals surface area (Å²) in [7, 11) is 0. The largest absolute Gasteiger partial charge is 0.573 e. The summed E-state index contributed by atoms with van der Waals surface area (Å²) in [6, 6.07) is 13.5. The molecule has 3 aromatic rings. The van der Waals surface area contributed by atoms with Gasteiger partial charge in [0.05, 0.1) is 10.7 Å². The third-order valence-electron chi connectivity index (χ3n) is 3.77. The fourth-order valence-electron chi connectivity index (χ4n) is 2.58. The molecule has 0 atom stereocenters. The quantitative estimate of drug-likeness (QED) is 0.554. The maximum Gasteiger partial charge on any atom is 0.573 e. The molecular formula is C19H10Cl2F3N3O. The van der Waals surface area contributed by atoms with Crippen molar-refractivity contribution >= 4 is 29.0 Å². The monoisotopic (exact) mass is 423 g/mol. The Labute approximate surface area is 167 Å². The predicted octanol–water partition coefficient (Wildman–Crippen LogP) is 6.07. The summed E-state index contributed by atoms with van der Waals surface area (Å²) >= 11 is 12.1. The molecule has 0 amide bonds. The van der Waals surface area contributed by atoms with Crippen molar-refractivity contribution < 1.29 is 17.9 Å². The number of anilines is 1. The fourth-order valence-corrected chi connectivity index (χ4v) is 3.09. The number of benzene rings is 2. The number of aromatic nitrogens is 1. The number of pyridine rings is 1. The van der Waals surface area contributed by atoms with E-state index < -0.39 is 6.36 Å². The Kier molecular flexibility index (Phi) is 5.36. The highest BCUT2D eigenvalue weighted by atomic mass is 35.5. The van der Waals surface area contributed by atoms with E-state index in [4.69, 9.17) is 28.9 Å². The van der Waals surface area contributed by atoms with E-state index in [1.165, 1.54) is 18.2 Å². The van der Waals surface area contributed by atoms with Gasteiger partial charge in [-0.3, -0.25) is 0 Å². The van der Waals surface area contributed by atoms with Crippen molar-refractivity contribution in [2.45, 2.75) is 6.36 Å². The topological polar surface area (TPSA) is 71.9 Å². The van der Waals surface area contributed by atoms with E-state index in [1.54, 1.807) is 18.2 Å². The summed E-state index contributed by atoms with van der Waals surface area (Å²) in [4.78, 5) is 4.21. The van der Waals surface area contributed by atoms with Gasteiger partial charge >= 0.3 is 6.36 Å². The summed E-state index contributed by atoms with van der Waals surface area (Å²) in [5.74, 6) is -0.408. The van der Waals surface area contributed by atoms with E-state index >= 15 is 0 Å². The van der Waals surface area contributed by atoms with Crippen LogP contribution in [0.5, 0.6) is 5.75 Å². The highest BCUT2D eigenvalue weighted by Gasteiger charge is 2.31. The summed E-state index contributed by atoms with van der Waals surface area (Å²) in [6.07, 6.45) is -4.79. The van der Waals surface area contributed by atoms with Gasteiger partial charge in [-0.1, -0.05) is 35.3 Å². The van der Waals surface area contributed by atoms with Crippen LogP contribution in [0.1, 0.15) is 5.56 Å². The average Bonchev–Trinajstić information content (AvgIpc) is 2.60. The first kappa shape index (κ1) is 19.8. The molecule has 0 bridgehead atoms. The van der Waals surface area contributed by atoms with Gasteiger partial charge in [0.15, 0.2) is 0 Å². The van der Waals surface area contributed by atoms with Crippen molar-refractivity contribution in [3.8, 4) is 34.2 Å². The van der Waals surface area contributed by atoms with Crippen LogP contribution in [0, 0.1) is 11.3 Å². The summed E-state index contributed by atoms with van der Waals surface area (Å²) < 4.78 is 40.9. The van der Waals surface area contributed by atoms with Gasteiger partial charge in [0.25, 0.3) is 0 Å². The molecule has 28 heavy (non-hydrogen) atoms. The van der Waals surface area contributed by atoms with E-state index in [-0.39, 0.29) is 17.1 Å². The molecule has 3 rings (SSSR count). The molecule has 1 heterocycles. The number of ether oxygens (including phenoxy) is 1. The van der Waals surface area contributed by atoms with E-state index in [9.17, 15) is 18.4 Å². The van der Waals surface area contributed by atoms with Crippen LogP contribution in [-0.2, 0) is 0 Å². The van der Waals surface area contributed by atoms with Gasteiger partial charge in [-0.2, -0.15) is 5.26 Å². The number of rotatable bonds is 3. The van der Waals surface area contributed by atoms with Crippen molar-refractivity contribution in [2.24, 2.45) is 0 Å². The van der Waals surface area contributed by atoms with Gasteiger partial charge in [-0.05, 0) is 42.0 Å². The third kappa shape index (κ3) is 4.30. The molecule has 2 N–H and O–H groups in total. The van der Waals surface area contributed by atoms with Crippen LogP contribution in [0.4, 0.5) is 19.0 Å². The Bertz CT molecular complexity index is 1080. The number of alkyl halides is 3. The average molecular weight is 424 g/mol. The molecule has 9 heteroatoms. The van der Waals surface area contributed by atoms with Crippen molar-refractivity contribution in [3.05, 3.63) is 64.1 Å². The molecule has 0 aliphatic heterocycles. The minimum Gasteiger partial charge on any atom is -0.406 e. The lowest BCUT2D eigenvalue weighted by atomic mass is 9.98. The summed E-state index contributed by atoms with van der Waals surface area (Å²) in [5.41, 5.74) is 7.82. The zero-order chi connectivity index (χ0) is 20.5. The Balaban J connectivity index is 2.10. The summed E-state index contributed by atoms with van der Waals surface area (Å²) in [6.45, 7) is 0. The van der Waals surface area contributed by atoms with Crippen molar-refractivity contribution in [3.63, 3.8) is 0 Å². The molecular weight excluding hydrogens is 414 g/mol. The lowest BCUT2D eigenvalue weighted by Gasteiger charge is -2.12. The minimum absolute atomic E-state index is 0.0309. The standard InChI is InChI=1S/C19H10Cl2F3N3O/c20-11-3-6-13(16(21)7-11)17-8-14(15(9-25)18(26)27-17)10-1-4-12(5-2-10)28-19(22,23)24/h1-8H,(H2,26,27). The Hall–Kier alpha value is -2.95. The molecule has 1 aromatic heterocycles. The molecule has 0 aliphatic rings. The maximum absolute atomic E-state index is 12.3. The molecule has 0 aliphatic carbocycles. The molecule has 0 radical (unpaired) electrons. The van der Waals surface area contributed by atoms with Crippen LogP contribution in [0.15, 0.2) is 48.5 Å². The highest BCUT2D eigenvalue weighted by molar-refractivity contribution is 6.36. The van der Waals surface area contributed by atoms with Gasteiger partial charge in [0, 0.05) is 16.1 Å². The molecule has 4 nitrogen and oxygen atoms in total. The van der Waals surface area contributed by atoms with Gasteiger partial charge in [-0.25, -0.2) is 4.98 Å². The van der Waals surface area contributed by atoms with E-state index in [0.29, 0.717) is 32.4 Å². The smallest absolute Gasteiger partial charge is 0.406 e. The number of halogens is 5.